The zero-order valence-electron chi connectivity index (χ0n) is 16.7. The third-order valence-electron chi connectivity index (χ3n) is 5.64. The van der Waals surface area contributed by atoms with Gasteiger partial charge in [-0.15, -0.1) is 5.10 Å². The standard InChI is InChI=1S/C21H23N7O2/c1-26-19-11-17(15-7-8-15)24-28(19)10-9-16(21(26)30)22-20(29)18-13-27(25-23-18)12-14-5-3-2-4-6-14/h2-6,11,13,15-16H,7-10,12H2,1H3,(H,22,29)/t16-/m0/s1. The van der Waals surface area contributed by atoms with Gasteiger partial charge in [-0.25, -0.2) is 9.36 Å². The van der Waals surface area contributed by atoms with Crippen LogP contribution in [-0.2, 0) is 17.9 Å². The van der Waals surface area contributed by atoms with E-state index in [1.807, 2.05) is 41.1 Å². The van der Waals surface area contributed by atoms with E-state index in [2.05, 4.69) is 20.7 Å². The van der Waals surface area contributed by atoms with Crippen LogP contribution in [0.1, 0.15) is 46.9 Å². The second kappa shape index (κ2) is 7.40. The lowest BCUT2D eigenvalue weighted by Crippen LogP contribution is -2.46. The molecule has 0 spiro atoms. The van der Waals surface area contributed by atoms with E-state index in [4.69, 9.17) is 0 Å². The molecule has 5 rings (SSSR count). The third kappa shape index (κ3) is 3.58. The van der Waals surface area contributed by atoms with E-state index in [0.717, 1.165) is 29.9 Å². The Balaban J connectivity index is 1.26. The van der Waals surface area contributed by atoms with Crippen LogP contribution < -0.4 is 10.2 Å². The number of fused-ring (bicyclic) bond motifs is 1. The maximum Gasteiger partial charge on any atom is 0.274 e. The highest BCUT2D eigenvalue weighted by atomic mass is 16.2. The molecule has 2 aliphatic rings. The molecule has 1 aromatic carbocycles. The molecule has 0 bridgehead atoms. The molecule has 9 heteroatoms. The van der Waals surface area contributed by atoms with Gasteiger partial charge in [0.15, 0.2) is 5.69 Å². The Kier molecular flexibility index (Phi) is 4.57. The number of aromatic nitrogens is 5. The molecule has 1 fully saturated rings. The number of likely N-dealkylation sites (N-methyl/N-ethyl adjacent to an activating group) is 1. The number of carbonyl (C=O) groups excluding carboxylic acids is 2. The molecule has 154 valence electrons. The molecule has 0 radical (unpaired) electrons. The van der Waals surface area contributed by atoms with Crippen molar-refractivity contribution in [3.05, 3.63) is 59.5 Å². The lowest BCUT2D eigenvalue weighted by molar-refractivity contribution is -0.120. The van der Waals surface area contributed by atoms with Crippen LogP contribution in [0.4, 0.5) is 5.82 Å². The summed E-state index contributed by atoms with van der Waals surface area (Å²) < 4.78 is 3.48. The SMILES string of the molecule is CN1C(=O)[C@@H](NC(=O)c2cn(Cc3ccccc3)nn2)CCn2nc(C3CC3)cc21. The highest BCUT2D eigenvalue weighted by Gasteiger charge is 2.33. The van der Waals surface area contributed by atoms with Gasteiger partial charge in [0.1, 0.15) is 11.9 Å². The molecular formula is C21H23N7O2. The van der Waals surface area contributed by atoms with E-state index < -0.39 is 11.9 Å². The molecular weight excluding hydrogens is 382 g/mol. The van der Waals surface area contributed by atoms with Crippen LogP contribution >= 0.6 is 0 Å². The Morgan fingerprint density at radius 1 is 1.20 bits per heavy atom. The molecule has 2 aromatic heterocycles. The van der Waals surface area contributed by atoms with Crippen molar-refractivity contribution in [2.45, 2.75) is 44.3 Å². The zero-order chi connectivity index (χ0) is 20.7. The molecule has 1 atom stereocenters. The van der Waals surface area contributed by atoms with Gasteiger partial charge in [0.2, 0.25) is 0 Å². The average Bonchev–Trinajstić information content (AvgIpc) is 3.37. The van der Waals surface area contributed by atoms with Gasteiger partial charge in [-0.2, -0.15) is 5.10 Å². The molecule has 9 nitrogen and oxygen atoms in total. The number of hydrogen-bond acceptors (Lipinski definition) is 5. The molecule has 1 aliphatic heterocycles. The lowest BCUT2D eigenvalue weighted by atomic mass is 10.2. The van der Waals surface area contributed by atoms with E-state index in [0.29, 0.717) is 25.4 Å². The van der Waals surface area contributed by atoms with E-state index in [1.165, 1.54) is 0 Å². The Hall–Kier alpha value is -3.49. The van der Waals surface area contributed by atoms with Crippen molar-refractivity contribution >= 4 is 17.6 Å². The first-order valence-corrected chi connectivity index (χ1v) is 10.2. The number of nitrogens with zero attached hydrogens (tertiary/aromatic N) is 6. The minimum Gasteiger partial charge on any atom is -0.339 e. The maximum atomic E-state index is 12.9. The van der Waals surface area contributed by atoms with Crippen molar-refractivity contribution in [2.75, 3.05) is 11.9 Å². The number of amides is 2. The summed E-state index contributed by atoms with van der Waals surface area (Å²) in [5.41, 5.74) is 2.32. The summed E-state index contributed by atoms with van der Waals surface area (Å²) in [5.74, 6) is 0.759. The summed E-state index contributed by atoms with van der Waals surface area (Å²) in [6.45, 7) is 1.10. The highest BCUT2D eigenvalue weighted by molar-refractivity contribution is 6.01. The van der Waals surface area contributed by atoms with Crippen LogP contribution in [0.25, 0.3) is 0 Å². The summed E-state index contributed by atoms with van der Waals surface area (Å²) >= 11 is 0. The number of carbonyl (C=O) groups is 2. The predicted molar refractivity (Wildman–Crippen MR) is 109 cm³/mol. The van der Waals surface area contributed by atoms with Gasteiger partial charge in [0.25, 0.3) is 11.8 Å². The molecule has 3 aromatic rings. The monoisotopic (exact) mass is 405 g/mol. The molecule has 30 heavy (non-hydrogen) atoms. The number of hydrogen-bond donors (Lipinski definition) is 1. The second-order valence-electron chi connectivity index (χ2n) is 7.92. The predicted octanol–water partition coefficient (Wildman–Crippen LogP) is 1.57. The van der Waals surface area contributed by atoms with E-state index in [9.17, 15) is 9.59 Å². The Bertz CT molecular complexity index is 1080. The summed E-state index contributed by atoms with van der Waals surface area (Å²) in [6.07, 6.45) is 4.40. The van der Waals surface area contributed by atoms with E-state index in [1.54, 1.807) is 22.8 Å². The normalized spacial score (nSPS) is 18.8. The summed E-state index contributed by atoms with van der Waals surface area (Å²) in [6, 6.07) is 11.2. The summed E-state index contributed by atoms with van der Waals surface area (Å²) in [4.78, 5) is 27.2. The van der Waals surface area contributed by atoms with Gasteiger partial charge < -0.3 is 5.32 Å². The van der Waals surface area contributed by atoms with Crippen LogP contribution in [0.3, 0.4) is 0 Å². The Morgan fingerprint density at radius 3 is 2.77 bits per heavy atom. The van der Waals surface area contributed by atoms with Crippen LogP contribution in [0, 0.1) is 0 Å². The van der Waals surface area contributed by atoms with Crippen molar-refractivity contribution in [2.24, 2.45) is 0 Å². The van der Waals surface area contributed by atoms with Gasteiger partial charge in [-0.1, -0.05) is 35.5 Å². The fraction of sp³-hybridized carbons (Fsp3) is 0.381. The quantitative estimate of drug-likeness (QED) is 0.695. The minimum absolute atomic E-state index is 0.152. The first kappa shape index (κ1) is 18.5. The largest absolute Gasteiger partial charge is 0.339 e. The number of aryl methyl sites for hydroxylation is 1. The summed E-state index contributed by atoms with van der Waals surface area (Å²) in [7, 11) is 1.73. The van der Waals surface area contributed by atoms with E-state index >= 15 is 0 Å². The summed E-state index contributed by atoms with van der Waals surface area (Å²) in [5, 5.41) is 15.5. The van der Waals surface area contributed by atoms with Crippen molar-refractivity contribution in [3.8, 4) is 0 Å². The fourth-order valence-electron chi connectivity index (χ4n) is 3.78. The number of rotatable bonds is 5. The third-order valence-corrected chi connectivity index (χ3v) is 5.64. The molecule has 1 saturated carbocycles. The number of benzene rings is 1. The van der Waals surface area contributed by atoms with Crippen LogP contribution in [0.2, 0.25) is 0 Å². The highest BCUT2D eigenvalue weighted by Crippen LogP contribution is 2.40. The van der Waals surface area contributed by atoms with Gasteiger partial charge in [-0.3, -0.25) is 14.5 Å². The smallest absolute Gasteiger partial charge is 0.274 e. The molecule has 2 amide bonds. The van der Waals surface area contributed by atoms with Crippen molar-refractivity contribution in [1.82, 2.24) is 30.1 Å². The minimum atomic E-state index is -0.632. The molecule has 3 heterocycles. The fourth-order valence-corrected chi connectivity index (χ4v) is 3.78. The molecule has 1 aliphatic carbocycles. The van der Waals surface area contributed by atoms with Crippen molar-refractivity contribution < 1.29 is 9.59 Å². The lowest BCUT2D eigenvalue weighted by Gasteiger charge is -2.20. The Labute approximate surface area is 173 Å². The number of anilines is 1. The van der Waals surface area contributed by atoms with Gasteiger partial charge in [0.05, 0.1) is 18.4 Å². The Morgan fingerprint density at radius 2 is 2.00 bits per heavy atom. The molecule has 0 unspecified atom stereocenters. The maximum absolute atomic E-state index is 12.9. The molecule has 1 N–H and O–H groups in total. The zero-order valence-corrected chi connectivity index (χ0v) is 16.7. The van der Waals surface area contributed by atoms with Gasteiger partial charge in [0, 0.05) is 25.6 Å². The first-order chi connectivity index (χ1) is 14.6. The van der Waals surface area contributed by atoms with Crippen molar-refractivity contribution in [3.63, 3.8) is 0 Å². The van der Waals surface area contributed by atoms with Gasteiger partial charge in [-0.05, 0) is 24.8 Å². The second-order valence-corrected chi connectivity index (χ2v) is 7.92. The average molecular weight is 405 g/mol. The molecule has 0 saturated heterocycles. The number of nitrogens with one attached hydrogen (secondary N) is 1. The van der Waals surface area contributed by atoms with Gasteiger partial charge >= 0.3 is 0 Å². The topological polar surface area (TPSA) is 97.9 Å². The van der Waals surface area contributed by atoms with Crippen LogP contribution in [0.5, 0.6) is 0 Å². The van der Waals surface area contributed by atoms with Crippen molar-refractivity contribution in [1.29, 1.82) is 0 Å². The van der Waals surface area contributed by atoms with E-state index in [-0.39, 0.29) is 11.6 Å². The first-order valence-electron chi connectivity index (χ1n) is 10.2. The van der Waals surface area contributed by atoms with Crippen LogP contribution in [0.15, 0.2) is 42.6 Å². The van der Waals surface area contributed by atoms with Crippen LogP contribution in [-0.4, -0.2) is 49.7 Å².